The van der Waals surface area contributed by atoms with Crippen molar-refractivity contribution in [2.24, 2.45) is 0 Å². The Balaban J connectivity index is 2.15. The van der Waals surface area contributed by atoms with Gasteiger partial charge in [0.25, 0.3) is 0 Å². The number of carbonyl (C=O) groups excluding carboxylic acids is 1. The number of rotatable bonds is 7. The normalized spacial score (nSPS) is 12.2. The first-order valence-corrected chi connectivity index (χ1v) is 6.97. The van der Waals surface area contributed by atoms with Crippen molar-refractivity contribution in [3.8, 4) is 0 Å². The predicted molar refractivity (Wildman–Crippen MR) is 76.9 cm³/mol. The van der Waals surface area contributed by atoms with Crippen molar-refractivity contribution < 1.29 is 14.3 Å². The maximum Gasteiger partial charge on any atom is 0.314 e. The average Bonchev–Trinajstić information content (AvgIpc) is 2.38. The molecule has 0 aliphatic carbocycles. The smallest absolute Gasteiger partial charge is 0.314 e. The number of carbonyl (C=O) groups is 1. The lowest BCUT2D eigenvalue weighted by atomic mass is 10.0. The van der Waals surface area contributed by atoms with Crippen molar-refractivity contribution in [3.05, 3.63) is 35.6 Å². The van der Waals surface area contributed by atoms with E-state index in [0.717, 1.165) is 18.4 Å². The van der Waals surface area contributed by atoms with Gasteiger partial charge in [-0.2, -0.15) is 0 Å². The highest BCUT2D eigenvalue weighted by atomic mass is 19.1. The molecule has 1 aromatic carbocycles. The number of hydrogen-bond donors (Lipinski definition) is 3. The summed E-state index contributed by atoms with van der Waals surface area (Å²) in [5.41, 5.74) is 0.719. The molecule has 1 aromatic rings. The van der Waals surface area contributed by atoms with Gasteiger partial charge >= 0.3 is 6.03 Å². The first-order chi connectivity index (χ1) is 9.49. The van der Waals surface area contributed by atoms with Crippen LogP contribution >= 0.6 is 0 Å². The van der Waals surface area contributed by atoms with Gasteiger partial charge in [0, 0.05) is 12.6 Å². The molecule has 0 heterocycles. The van der Waals surface area contributed by atoms with E-state index in [1.165, 1.54) is 12.1 Å². The second kappa shape index (κ2) is 8.53. The number of halogens is 1. The van der Waals surface area contributed by atoms with E-state index in [0.29, 0.717) is 13.0 Å². The van der Waals surface area contributed by atoms with Gasteiger partial charge < -0.3 is 15.7 Å². The topological polar surface area (TPSA) is 61.4 Å². The van der Waals surface area contributed by atoms with Crippen LogP contribution in [0.2, 0.25) is 0 Å². The van der Waals surface area contributed by atoms with Crippen LogP contribution < -0.4 is 10.6 Å². The molecule has 0 aromatic heterocycles. The third kappa shape index (κ3) is 6.52. The second-order valence-corrected chi connectivity index (χ2v) is 5.12. The third-order valence-corrected chi connectivity index (χ3v) is 2.86. The van der Waals surface area contributed by atoms with Crippen molar-refractivity contribution in [1.82, 2.24) is 10.6 Å². The largest absolute Gasteiger partial charge is 0.388 e. The van der Waals surface area contributed by atoms with Crippen molar-refractivity contribution in [1.29, 1.82) is 0 Å². The predicted octanol–water partition coefficient (Wildman–Crippen LogP) is 2.74. The van der Waals surface area contributed by atoms with Crippen molar-refractivity contribution >= 4 is 6.03 Å². The van der Waals surface area contributed by atoms with Crippen LogP contribution in [-0.4, -0.2) is 23.7 Å². The van der Waals surface area contributed by atoms with E-state index in [1.54, 1.807) is 12.1 Å². The molecule has 3 N–H and O–H groups in total. The van der Waals surface area contributed by atoms with Gasteiger partial charge in [-0.1, -0.05) is 12.1 Å². The lowest BCUT2D eigenvalue weighted by Gasteiger charge is -2.12. The monoisotopic (exact) mass is 282 g/mol. The van der Waals surface area contributed by atoms with Crippen LogP contribution in [0.4, 0.5) is 9.18 Å². The fourth-order valence-electron chi connectivity index (χ4n) is 1.83. The molecule has 5 heteroatoms. The van der Waals surface area contributed by atoms with Gasteiger partial charge in [-0.15, -0.1) is 0 Å². The minimum Gasteiger partial charge on any atom is -0.388 e. The molecule has 1 rings (SSSR count). The van der Waals surface area contributed by atoms with Gasteiger partial charge in [0.2, 0.25) is 0 Å². The van der Waals surface area contributed by atoms with Gasteiger partial charge in [-0.05, 0) is 50.8 Å². The molecule has 0 radical (unpaired) electrons. The summed E-state index contributed by atoms with van der Waals surface area (Å²) in [4.78, 5) is 11.3. The summed E-state index contributed by atoms with van der Waals surface area (Å²) in [6.07, 6.45) is 1.60. The molecule has 1 unspecified atom stereocenters. The van der Waals surface area contributed by atoms with Crippen LogP contribution in [0.1, 0.15) is 44.8 Å². The highest BCUT2D eigenvalue weighted by molar-refractivity contribution is 5.73. The number of unbranched alkanes of at least 4 members (excludes halogenated alkanes) is 1. The number of urea groups is 1. The fraction of sp³-hybridized carbons (Fsp3) is 0.533. The molecule has 0 aliphatic heterocycles. The molecule has 0 bridgehead atoms. The lowest BCUT2D eigenvalue weighted by molar-refractivity contribution is 0.163. The number of amides is 2. The van der Waals surface area contributed by atoms with Crippen LogP contribution in [0, 0.1) is 5.82 Å². The minimum atomic E-state index is -0.583. The molecule has 0 fully saturated rings. The van der Waals surface area contributed by atoms with Gasteiger partial charge in [-0.3, -0.25) is 0 Å². The first kappa shape index (κ1) is 16.4. The molecule has 2 amide bonds. The van der Waals surface area contributed by atoms with Gasteiger partial charge in [-0.25, -0.2) is 9.18 Å². The Kier molecular flexibility index (Phi) is 7.01. The molecule has 0 spiro atoms. The van der Waals surface area contributed by atoms with Crippen molar-refractivity contribution in [2.45, 2.75) is 45.3 Å². The van der Waals surface area contributed by atoms with Gasteiger partial charge in [0.05, 0.1) is 6.10 Å². The van der Waals surface area contributed by atoms with E-state index >= 15 is 0 Å². The number of nitrogens with one attached hydrogen (secondary N) is 2. The fourth-order valence-corrected chi connectivity index (χ4v) is 1.83. The Bertz CT molecular complexity index is 407. The van der Waals surface area contributed by atoms with Crippen molar-refractivity contribution in [3.63, 3.8) is 0 Å². The second-order valence-electron chi connectivity index (χ2n) is 5.12. The third-order valence-electron chi connectivity index (χ3n) is 2.86. The number of hydrogen-bond acceptors (Lipinski definition) is 2. The van der Waals surface area contributed by atoms with Crippen molar-refractivity contribution in [2.75, 3.05) is 6.54 Å². The molecular formula is C15H23FN2O2. The Morgan fingerprint density at radius 2 is 1.90 bits per heavy atom. The number of aliphatic hydroxyl groups is 1. The van der Waals surface area contributed by atoms with E-state index in [4.69, 9.17) is 0 Å². The zero-order valence-electron chi connectivity index (χ0n) is 12.0. The van der Waals surface area contributed by atoms with Crippen LogP contribution in [0.15, 0.2) is 24.3 Å². The van der Waals surface area contributed by atoms with E-state index in [2.05, 4.69) is 10.6 Å². The number of benzene rings is 1. The maximum atomic E-state index is 12.7. The Morgan fingerprint density at radius 3 is 2.50 bits per heavy atom. The average molecular weight is 282 g/mol. The van der Waals surface area contributed by atoms with Crippen LogP contribution in [0.3, 0.4) is 0 Å². The van der Waals surface area contributed by atoms with Crippen LogP contribution in [0.25, 0.3) is 0 Å². The zero-order chi connectivity index (χ0) is 15.0. The molecule has 0 saturated carbocycles. The summed E-state index contributed by atoms with van der Waals surface area (Å²) in [6, 6.07) is 5.82. The molecule has 4 nitrogen and oxygen atoms in total. The lowest BCUT2D eigenvalue weighted by Crippen LogP contribution is -2.39. The quantitative estimate of drug-likeness (QED) is 0.673. The molecule has 112 valence electrons. The SMILES string of the molecule is CC(C)NC(=O)NCCCCC(O)c1ccc(F)cc1. The van der Waals surface area contributed by atoms with E-state index < -0.39 is 6.10 Å². The van der Waals surface area contributed by atoms with E-state index in [1.807, 2.05) is 13.8 Å². The molecule has 20 heavy (non-hydrogen) atoms. The molecule has 0 saturated heterocycles. The Hall–Kier alpha value is -1.62. The molecular weight excluding hydrogens is 259 g/mol. The zero-order valence-corrected chi connectivity index (χ0v) is 12.0. The van der Waals surface area contributed by atoms with E-state index in [9.17, 15) is 14.3 Å². The first-order valence-electron chi connectivity index (χ1n) is 6.97. The Morgan fingerprint density at radius 1 is 1.25 bits per heavy atom. The summed E-state index contributed by atoms with van der Waals surface area (Å²) in [5, 5.41) is 15.4. The van der Waals surface area contributed by atoms with E-state index in [-0.39, 0.29) is 17.9 Å². The summed E-state index contributed by atoms with van der Waals surface area (Å²) in [5.74, 6) is -0.304. The highest BCUT2D eigenvalue weighted by Gasteiger charge is 2.07. The van der Waals surface area contributed by atoms with Gasteiger partial charge in [0.1, 0.15) is 5.82 Å². The molecule has 1 atom stereocenters. The standard InChI is InChI=1S/C15H23FN2O2/c1-11(2)18-15(20)17-10-4-3-5-14(19)12-6-8-13(16)9-7-12/h6-9,11,14,19H,3-5,10H2,1-2H3,(H2,17,18,20). The minimum absolute atomic E-state index is 0.121. The highest BCUT2D eigenvalue weighted by Crippen LogP contribution is 2.19. The summed E-state index contributed by atoms with van der Waals surface area (Å²) >= 11 is 0. The Labute approximate surface area is 119 Å². The summed E-state index contributed by atoms with van der Waals surface area (Å²) in [6.45, 7) is 4.38. The summed E-state index contributed by atoms with van der Waals surface area (Å²) < 4.78 is 12.7. The number of aliphatic hydroxyl groups excluding tert-OH is 1. The molecule has 0 aliphatic rings. The van der Waals surface area contributed by atoms with Gasteiger partial charge in [0.15, 0.2) is 0 Å². The van der Waals surface area contributed by atoms with Crippen LogP contribution in [-0.2, 0) is 0 Å². The summed E-state index contributed by atoms with van der Waals surface area (Å²) in [7, 11) is 0. The van der Waals surface area contributed by atoms with Crippen LogP contribution in [0.5, 0.6) is 0 Å². The maximum absolute atomic E-state index is 12.7.